The monoisotopic (exact) mass is 369 g/mol. The molecule has 1 aromatic heterocycles. The summed E-state index contributed by atoms with van der Waals surface area (Å²) >= 11 is 1.66. The molecule has 0 atom stereocenters. The molecule has 0 aliphatic carbocycles. The van der Waals surface area contributed by atoms with Crippen LogP contribution in [0.5, 0.6) is 0 Å². The number of nitriles is 1. The van der Waals surface area contributed by atoms with E-state index < -0.39 is 0 Å². The van der Waals surface area contributed by atoms with E-state index in [1.165, 1.54) is 0 Å². The summed E-state index contributed by atoms with van der Waals surface area (Å²) in [6.07, 6.45) is 3.13. The van der Waals surface area contributed by atoms with Crippen LogP contribution in [0.15, 0.2) is 35.7 Å². The van der Waals surface area contributed by atoms with Crippen molar-refractivity contribution in [1.29, 1.82) is 5.26 Å². The Labute approximate surface area is 158 Å². The van der Waals surface area contributed by atoms with Crippen molar-refractivity contribution < 1.29 is 9.53 Å². The average molecular weight is 369 g/mol. The number of carbonyl (C=O) groups is 1. The number of amides is 1. The van der Waals surface area contributed by atoms with Crippen molar-refractivity contribution in [3.8, 4) is 17.3 Å². The van der Waals surface area contributed by atoms with Gasteiger partial charge in [0.1, 0.15) is 5.01 Å². The molecule has 1 aliphatic rings. The molecule has 1 amide bonds. The molecule has 6 heteroatoms. The van der Waals surface area contributed by atoms with Gasteiger partial charge in [-0.3, -0.25) is 4.79 Å². The molecule has 1 aliphatic heterocycles. The normalized spacial score (nSPS) is 16.0. The standard InChI is InChI=1S/C20H23N3O2S/c21-11-5-4-8-18(24)22-15-20(9-12-25-13-10-20)19-23-17(14-26-19)16-6-2-1-3-7-16/h1-3,6-7,14H,4-5,8-10,12-13,15H2,(H,22,24). The summed E-state index contributed by atoms with van der Waals surface area (Å²) in [4.78, 5) is 17.0. The molecule has 0 bridgehead atoms. The van der Waals surface area contributed by atoms with Crippen molar-refractivity contribution in [1.82, 2.24) is 10.3 Å². The van der Waals surface area contributed by atoms with E-state index in [0.29, 0.717) is 39.0 Å². The van der Waals surface area contributed by atoms with E-state index in [9.17, 15) is 4.79 Å². The third-order valence-electron chi connectivity index (χ3n) is 4.79. The van der Waals surface area contributed by atoms with Crippen LogP contribution in [0.25, 0.3) is 11.3 Å². The van der Waals surface area contributed by atoms with E-state index in [1.807, 2.05) is 18.2 Å². The van der Waals surface area contributed by atoms with E-state index in [4.69, 9.17) is 15.0 Å². The molecule has 2 heterocycles. The Bertz CT molecular complexity index is 761. The van der Waals surface area contributed by atoms with Crippen LogP contribution in [0.3, 0.4) is 0 Å². The van der Waals surface area contributed by atoms with Gasteiger partial charge in [0.05, 0.1) is 11.8 Å². The van der Waals surface area contributed by atoms with E-state index in [1.54, 1.807) is 11.3 Å². The lowest BCUT2D eigenvalue weighted by Crippen LogP contribution is -2.44. The zero-order valence-corrected chi connectivity index (χ0v) is 15.6. The van der Waals surface area contributed by atoms with Crippen molar-refractivity contribution in [2.75, 3.05) is 19.8 Å². The SMILES string of the molecule is N#CCCCC(=O)NCC1(c2nc(-c3ccccc3)cs2)CCOCC1. The summed E-state index contributed by atoms with van der Waals surface area (Å²) in [6, 6.07) is 12.2. The van der Waals surface area contributed by atoms with Gasteiger partial charge in [-0.1, -0.05) is 30.3 Å². The van der Waals surface area contributed by atoms with Gasteiger partial charge in [-0.15, -0.1) is 11.3 Å². The van der Waals surface area contributed by atoms with Crippen molar-refractivity contribution in [2.45, 2.75) is 37.5 Å². The van der Waals surface area contributed by atoms with Crippen LogP contribution < -0.4 is 5.32 Å². The van der Waals surface area contributed by atoms with Gasteiger partial charge in [0.2, 0.25) is 5.91 Å². The second kappa shape index (κ2) is 8.93. The fraction of sp³-hybridized carbons (Fsp3) is 0.450. The molecule has 26 heavy (non-hydrogen) atoms. The average Bonchev–Trinajstić information content (AvgIpc) is 3.19. The fourth-order valence-corrected chi connectivity index (χ4v) is 4.26. The van der Waals surface area contributed by atoms with Crippen LogP contribution in [-0.2, 0) is 14.9 Å². The smallest absolute Gasteiger partial charge is 0.220 e. The minimum atomic E-state index is -0.166. The van der Waals surface area contributed by atoms with Crippen molar-refractivity contribution in [3.63, 3.8) is 0 Å². The van der Waals surface area contributed by atoms with Gasteiger partial charge in [0.15, 0.2) is 0 Å². The summed E-state index contributed by atoms with van der Waals surface area (Å²) in [5.41, 5.74) is 1.93. The van der Waals surface area contributed by atoms with Crippen molar-refractivity contribution >= 4 is 17.2 Å². The first-order chi connectivity index (χ1) is 12.7. The zero-order chi connectivity index (χ0) is 18.2. The number of nitrogens with one attached hydrogen (secondary N) is 1. The highest BCUT2D eigenvalue weighted by Gasteiger charge is 2.37. The Balaban J connectivity index is 1.72. The molecular weight excluding hydrogens is 346 g/mol. The lowest BCUT2D eigenvalue weighted by molar-refractivity contribution is -0.121. The molecule has 2 aromatic rings. The molecule has 1 saturated heterocycles. The number of nitrogens with zero attached hydrogens (tertiary/aromatic N) is 2. The molecule has 0 radical (unpaired) electrons. The Morgan fingerprint density at radius 1 is 1.31 bits per heavy atom. The number of aromatic nitrogens is 1. The number of hydrogen-bond acceptors (Lipinski definition) is 5. The number of thiazole rings is 1. The summed E-state index contributed by atoms with van der Waals surface area (Å²) in [6.45, 7) is 1.94. The molecule has 1 aromatic carbocycles. The molecule has 5 nitrogen and oxygen atoms in total. The van der Waals surface area contributed by atoms with Crippen molar-refractivity contribution in [3.05, 3.63) is 40.7 Å². The third kappa shape index (κ3) is 4.48. The third-order valence-corrected chi connectivity index (χ3v) is 5.88. The predicted octanol–water partition coefficient (Wildman–Crippen LogP) is 3.67. The van der Waals surface area contributed by atoms with Crippen LogP contribution >= 0.6 is 11.3 Å². The van der Waals surface area contributed by atoms with Crippen LogP contribution in [0.1, 0.15) is 37.1 Å². The van der Waals surface area contributed by atoms with Gasteiger partial charge in [-0.25, -0.2) is 4.98 Å². The number of carbonyl (C=O) groups excluding carboxylic acids is 1. The first-order valence-corrected chi connectivity index (χ1v) is 9.84. The number of hydrogen-bond donors (Lipinski definition) is 1. The quantitative estimate of drug-likeness (QED) is 0.756. The number of unbranched alkanes of at least 4 members (excludes halogenated alkanes) is 1. The van der Waals surface area contributed by atoms with Crippen LogP contribution in [-0.4, -0.2) is 30.6 Å². The molecule has 0 unspecified atom stereocenters. The highest BCUT2D eigenvalue weighted by atomic mass is 32.1. The molecule has 1 N–H and O–H groups in total. The maximum atomic E-state index is 12.1. The van der Waals surface area contributed by atoms with Crippen LogP contribution in [0.4, 0.5) is 0 Å². The highest BCUT2D eigenvalue weighted by molar-refractivity contribution is 7.10. The Hall–Kier alpha value is -2.23. The lowest BCUT2D eigenvalue weighted by Gasteiger charge is -2.35. The first-order valence-electron chi connectivity index (χ1n) is 8.96. The minimum absolute atomic E-state index is 0.00551. The van der Waals surface area contributed by atoms with E-state index >= 15 is 0 Å². The van der Waals surface area contributed by atoms with Gasteiger partial charge in [-0.05, 0) is 19.3 Å². The second-order valence-corrected chi connectivity index (χ2v) is 7.44. The van der Waals surface area contributed by atoms with Gasteiger partial charge < -0.3 is 10.1 Å². The minimum Gasteiger partial charge on any atom is -0.381 e. The number of benzene rings is 1. The van der Waals surface area contributed by atoms with Gasteiger partial charge in [0, 0.05) is 49.0 Å². The largest absolute Gasteiger partial charge is 0.381 e. The number of rotatable bonds is 7. The second-order valence-electron chi connectivity index (χ2n) is 6.59. The van der Waals surface area contributed by atoms with E-state index in [0.717, 1.165) is 29.1 Å². The molecule has 0 saturated carbocycles. The molecule has 1 fully saturated rings. The van der Waals surface area contributed by atoms with Crippen molar-refractivity contribution in [2.24, 2.45) is 0 Å². The van der Waals surface area contributed by atoms with Gasteiger partial charge in [-0.2, -0.15) is 5.26 Å². The van der Waals surface area contributed by atoms with Gasteiger partial charge >= 0.3 is 0 Å². The fourth-order valence-electron chi connectivity index (χ4n) is 3.17. The van der Waals surface area contributed by atoms with Gasteiger partial charge in [0.25, 0.3) is 0 Å². The van der Waals surface area contributed by atoms with Crippen LogP contribution in [0.2, 0.25) is 0 Å². The summed E-state index contributed by atoms with van der Waals surface area (Å²) in [5.74, 6) is 0.00551. The topological polar surface area (TPSA) is 75.0 Å². The summed E-state index contributed by atoms with van der Waals surface area (Å²) in [7, 11) is 0. The zero-order valence-electron chi connectivity index (χ0n) is 14.7. The lowest BCUT2D eigenvalue weighted by atomic mass is 9.80. The first kappa shape index (κ1) is 18.6. The summed E-state index contributed by atoms with van der Waals surface area (Å²) in [5, 5.41) is 14.8. The molecule has 0 spiro atoms. The molecule has 136 valence electrons. The Morgan fingerprint density at radius 3 is 2.81 bits per heavy atom. The molecular formula is C20H23N3O2S. The predicted molar refractivity (Wildman–Crippen MR) is 102 cm³/mol. The maximum Gasteiger partial charge on any atom is 0.220 e. The Morgan fingerprint density at radius 2 is 2.08 bits per heavy atom. The van der Waals surface area contributed by atoms with Crippen LogP contribution in [0, 0.1) is 11.3 Å². The van der Waals surface area contributed by atoms with E-state index in [-0.39, 0.29) is 11.3 Å². The maximum absolute atomic E-state index is 12.1. The number of ether oxygens (including phenoxy) is 1. The van der Waals surface area contributed by atoms with E-state index in [2.05, 4.69) is 28.9 Å². The summed E-state index contributed by atoms with van der Waals surface area (Å²) < 4.78 is 5.55. The Kier molecular flexibility index (Phi) is 6.37. The molecule has 3 rings (SSSR count). The highest BCUT2D eigenvalue weighted by Crippen LogP contribution is 2.37.